The highest BCUT2D eigenvalue weighted by molar-refractivity contribution is 5.97. The van der Waals surface area contributed by atoms with E-state index in [1.54, 1.807) is 18.2 Å². The summed E-state index contributed by atoms with van der Waals surface area (Å²) in [6.07, 6.45) is 0.275. The van der Waals surface area contributed by atoms with Crippen LogP contribution in [0.25, 0.3) is 0 Å². The SMILES string of the molecule is COc1cc(OC)cc(C(=O)NCC[C@H](NC(C)=O)C(=O)N[C@H]2C[C@@H](NC(=O)[C@H](CCNC(=O)c3cc(OC)cc(OC)c3)NC(C)=O)C[C@@H](NC(=O)[C@H](CCNC(=O)c3cc(OC)cc(OC)c3)NC(C)=O)C2)c1. The molecule has 0 spiro atoms. The molecule has 0 aromatic heterocycles. The van der Waals surface area contributed by atoms with Gasteiger partial charge in [0.15, 0.2) is 0 Å². The minimum absolute atomic E-state index is 0.0358. The highest BCUT2D eigenvalue weighted by Gasteiger charge is 2.35. The van der Waals surface area contributed by atoms with E-state index >= 15 is 0 Å². The standard InChI is InChI=1S/C51H69N9O15/c1-28(61)55-43(10-13-52-46(64)31-16-37(70-4)25-38(17-31)71-5)49(67)58-34-22-35(59-50(68)44(56-29(2)62)11-14-53-47(65)32-18-39(72-6)26-40(19-32)73-7)24-36(23-34)60-51(69)45(57-30(3)63)12-15-54-48(66)33-20-41(74-8)27-42(21-33)75-9/h16-21,25-27,34-36,43-45H,10-15,22-24H2,1-9H3,(H,52,64)(H,53,65)(H,54,66)(H,55,61)(H,56,62)(H,57,63)(H,58,67)(H,59,68)(H,60,69)/t34-,35+,36-,43-,44-,45-/m0/s1. The van der Waals surface area contributed by atoms with Gasteiger partial charge in [-0.05, 0) is 74.9 Å². The summed E-state index contributed by atoms with van der Waals surface area (Å²) in [6, 6.07) is 8.24. The Hall–Kier alpha value is -8.31. The van der Waals surface area contributed by atoms with E-state index in [0.717, 1.165) is 0 Å². The van der Waals surface area contributed by atoms with E-state index < -0.39 is 89.4 Å². The Morgan fingerprint density at radius 2 is 0.600 bits per heavy atom. The summed E-state index contributed by atoms with van der Waals surface area (Å²) < 4.78 is 31.6. The first-order valence-corrected chi connectivity index (χ1v) is 24.0. The van der Waals surface area contributed by atoms with Crippen LogP contribution in [0.1, 0.15) is 90.4 Å². The number of nitrogens with one attached hydrogen (secondary N) is 9. The number of carbonyl (C=O) groups excluding carboxylic acids is 9. The van der Waals surface area contributed by atoms with Gasteiger partial charge in [0, 0.05) is 93.4 Å². The lowest BCUT2D eigenvalue weighted by Crippen LogP contribution is -2.59. The zero-order chi connectivity index (χ0) is 55.2. The van der Waals surface area contributed by atoms with Gasteiger partial charge in [-0.15, -0.1) is 0 Å². The van der Waals surface area contributed by atoms with Gasteiger partial charge in [-0.1, -0.05) is 0 Å². The topological polar surface area (TPSA) is 317 Å². The fourth-order valence-electron chi connectivity index (χ4n) is 8.23. The zero-order valence-electron chi connectivity index (χ0n) is 43.6. The largest absolute Gasteiger partial charge is 0.497 e. The van der Waals surface area contributed by atoms with Gasteiger partial charge in [0.25, 0.3) is 17.7 Å². The Balaban J connectivity index is 1.52. The predicted octanol–water partition coefficient (Wildman–Crippen LogP) is 0.651. The minimum Gasteiger partial charge on any atom is -0.497 e. The van der Waals surface area contributed by atoms with Crippen LogP contribution in [0.3, 0.4) is 0 Å². The van der Waals surface area contributed by atoms with Crippen LogP contribution in [0, 0.1) is 0 Å². The monoisotopic (exact) mass is 1050 g/mol. The molecule has 0 bridgehead atoms. The predicted molar refractivity (Wildman–Crippen MR) is 272 cm³/mol. The fourth-order valence-corrected chi connectivity index (χ4v) is 8.23. The third-order valence-corrected chi connectivity index (χ3v) is 11.8. The lowest BCUT2D eigenvalue weighted by Gasteiger charge is -2.37. The van der Waals surface area contributed by atoms with Crippen molar-refractivity contribution in [1.29, 1.82) is 0 Å². The van der Waals surface area contributed by atoms with Gasteiger partial charge in [-0.2, -0.15) is 0 Å². The molecule has 3 atom stereocenters. The summed E-state index contributed by atoms with van der Waals surface area (Å²) in [4.78, 5) is 119. The van der Waals surface area contributed by atoms with Crippen molar-refractivity contribution in [2.45, 2.75) is 95.5 Å². The van der Waals surface area contributed by atoms with Gasteiger partial charge < -0.3 is 76.3 Å². The number of ether oxygens (including phenoxy) is 6. The Bertz CT molecular complexity index is 2180. The van der Waals surface area contributed by atoms with Crippen molar-refractivity contribution in [3.63, 3.8) is 0 Å². The first-order valence-electron chi connectivity index (χ1n) is 24.0. The maximum atomic E-state index is 14.0. The smallest absolute Gasteiger partial charge is 0.251 e. The van der Waals surface area contributed by atoms with Gasteiger partial charge in [0.1, 0.15) is 52.6 Å². The zero-order valence-corrected chi connectivity index (χ0v) is 43.6. The molecule has 0 heterocycles. The second-order valence-corrected chi connectivity index (χ2v) is 17.5. The summed E-state index contributed by atoms with van der Waals surface area (Å²) in [6.45, 7) is 3.57. The van der Waals surface area contributed by atoms with Crippen LogP contribution in [0.5, 0.6) is 34.5 Å². The molecule has 1 aliphatic carbocycles. The van der Waals surface area contributed by atoms with E-state index in [1.165, 1.54) is 99.8 Å². The van der Waals surface area contributed by atoms with Crippen LogP contribution in [0.2, 0.25) is 0 Å². The number of hydrogen-bond donors (Lipinski definition) is 9. The van der Waals surface area contributed by atoms with Crippen LogP contribution in [0.15, 0.2) is 54.6 Å². The van der Waals surface area contributed by atoms with E-state index in [2.05, 4.69) is 47.9 Å². The van der Waals surface area contributed by atoms with Crippen molar-refractivity contribution in [3.05, 3.63) is 71.3 Å². The number of hydrogen-bond acceptors (Lipinski definition) is 15. The van der Waals surface area contributed by atoms with Crippen molar-refractivity contribution in [1.82, 2.24) is 47.9 Å². The van der Waals surface area contributed by atoms with E-state index in [-0.39, 0.29) is 74.8 Å². The molecule has 3 aromatic rings. The summed E-state index contributed by atoms with van der Waals surface area (Å²) in [7, 11) is 8.66. The van der Waals surface area contributed by atoms with Gasteiger partial charge in [0.05, 0.1) is 42.7 Å². The molecule has 0 aliphatic heterocycles. The lowest BCUT2D eigenvalue weighted by molar-refractivity contribution is -0.130. The Morgan fingerprint density at radius 3 is 0.787 bits per heavy atom. The quantitative estimate of drug-likeness (QED) is 0.0507. The molecular weight excluding hydrogens is 979 g/mol. The van der Waals surface area contributed by atoms with E-state index in [0.29, 0.717) is 34.5 Å². The molecular formula is C51H69N9O15. The molecule has 75 heavy (non-hydrogen) atoms. The number of amides is 9. The van der Waals surface area contributed by atoms with Crippen LogP contribution in [-0.4, -0.2) is 152 Å². The molecule has 1 fully saturated rings. The molecule has 1 aliphatic rings. The molecule has 9 N–H and O–H groups in total. The molecule has 24 nitrogen and oxygen atoms in total. The third-order valence-electron chi connectivity index (χ3n) is 11.8. The van der Waals surface area contributed by atoms with E-state index in [4.69, 9.17) is 28.4 Å². The molecule has 24 heteroatoms. The van der Waals surface area contributed by atoms with Crippen molar-refractivity contribution in [3.8, 4) is 34.5 Å². The lowest BCUT2D eigenvalue weighted by atomic mass is 9.86. The first-order chi connectivity index (χ1) is 35.8. The molecule has 0 radical (unpaired) electrons. The second kappa shape index (κ2) is 29.4. The molecule has 4 rings (SSSR count). The maximum Gasteiger partial charge on any atom is 0.251 e. The van der Waals surface area contributed by atoms with Gasteiger partial charge in [-0.3, -0.25) is 43.2 Å². The van der Waals surface area contributed by atoms with Gasteiger partial charge >= 0.3 is 0 Å². The van der Waals surface area contributed by atoms with E-state index in [9.17, 15) is 43.2 Å². The normalized spacial score (nSPS) is 15.9. The Morgan fingerprint density at radius 1 is 0.387 bits per heavy atom. The molecule has 0 saturated heterocycles. The number of methoxy groups -OCH3 is 6. The molecule has 1 saturated carbocycles. The van der Waals surface area contributed by atoms with Crippen molar-refractivity contribution < 1.29 is 71.6 Å². The number of rotatable bonds is 27. The van der Waals surface area contributed by atoms with Gasteiger partial charge in [-0.25, -0.2) is 0 Å². The fraction of sp³-hybridized carbons (Fsp3) is 0.471. The Kier molecular flexibility index (Phi) is 23.2. The van der Waals surface area contributed by atoms with Crippen LogP contribution < -0.4 is 76.3 Å². The molecule has 408 valence electrons. The summed E-state index contributed by atoms with van der Waals surface area (Å²) in [5, 5.41) is 24.9. The molecule has 3 aromatic carbocycles. The maximum absolute atomic E-state index is 14.0. The highest BCUT2D eigenvalue weighted by atomic mass is 16.5. The Labute approximate surface area is 435 Å². The van der Waals surface area contributed by atoms with Crippen LogP contribution in [0.4, 0.5) is 0 Å². The van der Waals surface area contributed by atoms with Crippen molar-refractivity contribution in [2.75, 3.05) is 62.3 Å². The molecule has 0 unspecified atom stereocenters. The molecule has 9 amide bonds. The second-order valence-electron chi connectivity index (χ2n) is 17.5. The average molecular weight is 1050 g/mol. The van der Waals surface area contributed by atoms with Gasteiger partial charge in [0.2, 0.25) is 35.4 Å². The number of benzene rings is 3. The third kappa shape index (κ3) is 19.2. The van der Waals surface area contributed by atoms with Crippen LogP contribution >= 0.6 is 0 Å². The number of carbonyl (C=O) groups is 9. The van der Waals surface area contributed by atoms with Crippen LogP contribution in [-0.2, 0) is 28.8 Å². The summed E-state index contributed by atoms with van der Waals surface area (Å²) in [5.74, 6) is -2.61. The summed E-state index contributed by atoms with van der Waals surface area (Å²) >= 11 is 0. The van der Waals surface area contributed by atoms with Crippen molar-refractivity contribution >= 4 is 53.2 Å². The average Bonchev–Trinajstić information content (AvgIpc) is 3.38. The minimum atomic E-state index is -1.14. The summed E-state index contributed by atoms with van der Waals surface area (Å²) in [5.41, 5.74) is 0.693. The first kappa shape index (κ1) is 59.3. The van der Waals surface area contributed by atoms with E-state index in [1.807, 2.05) is 0 Å². The van der Waals surface area contributed by atoms with Crippen molar-refractivity contribution in [2.24, 2.45) is 0 Å². The highest BCUT2D eigenvalue weighted by Crippen LogP contribution is 2.25.